The largest absolute Gasteiger partial charge is 0.314 e. The molecule has 1 N–H and O–H groups in total. The van der Waals surface area contributed by atoms with E-state index in [2.05, 4.69) is 19.2 Å². The third kappa shape index (κ3) is 5.39. The molecule has 0 fully saturated rings. The van der Waals surface area contributed by atoms with Gasteiger partial charge in [0.15, 0.2) is 0 Å². The second-order valence-electron chi connectivity index (χ2n) is 4.86. The van der Waals surface area contributed by atoms with E-state index in [-0.39, 0.29) is 10.6 Å². The highest BCUT2D eigenvalue weighted by Crippen LogP contribution is 2.20. The van der Waals surface area contributed by atoms with Crippen LogP contribution in [0.4, 0.5) is 5.69 Å². The van der Waals surface area contributed by atoms with Gasteiger partial charge in [0.2, 0.25) is 0 Å². The van der Waals surface area contributed by atoms with Crippen LogP contribution in [-0.4, -0.2) is 17.5 Å². The zero-order chi connectivity index (χ0) is 14.1. The van der Waals surface area contributed by atoms with Crippen molar-refractivity contribution < 1.29 is 4.92 Å². The van der Waals surface area contributed by atoms with Crippen LogP contribution in [0, 0.1) is 10.1 Å². The summed E-state index contributed by atoms with van der Waals surface area (Å²) in [4.78, 5) is 10.7. The van der Waals surface area contributed by atoms with Crippen LogP contribution >= 0.6 is 0 Å². The Labute approximate surface area is 115 Å². The number of aryl methyl sites for hydroxylation is 1. The number of benzene rings is 1. The van der Waals surface area contributed by atoms with Gasteiger partial charge < -0.3 is 5.32 Å². The van der Waals surface area contributed by atoms with Gasteiger partial charge in [-0.2, -0.15) is 0 Å². The Balaban J connectivity index is 2.60. The molecule has 0 aromatic heterocycles. The van der Waals surface area contributed by atoms with Crippen LogP contribution < -0.4 is 5.32 Å². The van der Waals surface area contributed by atoms with Gasteiger partial charge in [0.05, 0.1) is 4.92 Å². The topological polar surface area (TPSA) is 55.2 Å². The van der Waals surface area contributed by atoms with Gasteiger partial charge in [0.25, 0.3) is 5.69 Å². The minimum atomic E-state index is -0.288. The molecule has 1 rings (SSSR count). The molecular formula is C15H24N2O2. The molecule has 106 valence electrons. The lowest BCUT2D eigenvalue weighted by Crippen LogP contribution is -2.30. The molecule has 1 aromatic rings. The molecule has 0 saturated heterocycles. The standard InChI is InChI=1S/C15H24N2O2/c1-3-7-14(16-12-4-2)11-10-13-8-5-6-9-15(13)17(18)19/h5-6,8-9,14,16H,3-4,7,10-12H2,1-2H3. The fourth-order valence-corrected chi connectivity index (χ4v) is 2.28. The number of para-hydroxylation sites is 1. The van der Waals surface area contributed by atoms with Crippen molar-refractivity contribution in [3.8, 4) is 0 Å². The second-order valence-corrected chi connectivity index (χ2v) is 4.86. The molecule has 0 amide bonds. The van der Waals surface area contributed by atoms with Crippen LogP contribution in [0.25, 0.3) is 0 Å². The fourth-order valence-electron chi connectivity index (χ4n) is 2.28. The van der Waals surface area contributed by atoms with Crippen LogP contribution in [0.5, 0.6) is 0 Å². The van der Waals surface area contributed by atoms with E-state index in [0.717, 1.165) is 44.2 Å². The van der Waals surface area contributed by atoms with Crippen LogP contribution in [-0.2, 0) is 6.42 Å². The highest BCUT2D eigenvalue weighted by Gasteiger charge is 2.14. The van der Waals surface area contributed by atoms with Gasteiger partial charge in [-0.3, -0.25) is 10.1 Å². The SMILES string of the molecule is CCCNC(CCC)CCc1ccccc1[N+](=O)[O-]. The van der Waals surface area contributed by atoms with Crippen LogP contribution in [0.15, 0.2) is 24.3 Å². The number of nitro groups is 1. The lowest BCUT2D eigenvalue weighted by Gasteiger charge is -2.17. The van der Waals surface area contributed by atoms with Crippen molar-refractivity contribution in [2.45, 2.75) is 52.0 Å². The Bertz CT molecular complexity index is 393. The summed E-state index contributed by atoms with van der Waals surface area (Å²) in [6.45, 7) is 5.34. The Morgan fingerprint density at radius 2 is 1.95 bits per heavy atom. The molecule has 4 heteroatoms. The first-order valence-electron chi connectivity index (χ1n) is 7.14. The van der Waals surface area contributed by atoms with E-state index in [1.54, 1.807) is 12.1 Å². The quantitative estimate of drug-likeness (QED) is 0.546. The van der Waals surface area contributed by atoms with Crippen molar-refractivity contribution in [2.75, 3.05) is 6.54 Å². The molecule has 0 bridgehead atoms. The summed E-state index contributed by atoms with van der Waals surface area (Å²) < 4.78 is 0. The van der Waals surface area contributed by atoms with Crippen molar-refractivity contribution in [1.82, 2.24) is 5.32 Å². The summed E-state index contributed by atoms with van der Waals surface area (Å²) >= 11 is 0. The summed E-state index contributed by atoms with van der Waals surface area (Å²) in [6.07, 6.45) is 5.10. The van der Waals surface area contributed by atoms with Crippen molar-refractivity contribution in [3.63, 3.8) is 0 Å². The van der Waals surface area contributed by atoms with Gasteiger partial charge in [-0.15, -0.1) is 0 Å². The predicted molar refractivity (Wildman–Crippen MR) is 78.4 cm³/mol. The lowest BCUT2D eigenvalue weighted by atomic mass is 10.0. The summed E-state index contributed by atoms with van der Waals surface area (Å²) in [5.41, 5.74) is 1.08. The minimum Gasteiger partial charge on any atom is -0.314 e. The first-order chi connectivity index (χ1) is 9.19. The first-order valence-corrected chi connectivity index (χ1v) is 7.14. The Morgan fingerprint density at radius 1 is 1.21 bits per heavy atom. The number of nitro benzene ring substituents is 1. The van der Waals surface area contributed by atoms with Gasteiger partial charge in [0.1, 0.15) is 0 Å². The molecule has 0 aliphatic carbocycles. The molecule has 1 aromatic carbocycles. The van der Waals surface area contributed by atoms with E-state index in [4.69, 9.17) is 0 Å². The second kappa shape index (κ2) is 8.64. The number of nitrogens with one attached hydrogen (secondary N) is 1. The van der Waals surface area contributed by atoms with Gasteiger partial charge >= 0.3 is 0 Å². The van der Waals surface area contributed by atoms with Crippen molar-refractivity contribution in [2.24, 2.45) is 0 Å². The van der Waals surface area contributed by atoms with E-state index in [1.807, 2.05) is 12.1 Å². The molecule has 0 aliphatic rings. The fraction of sp³-hybridized carbons (Fsp3) is 0.600. The third-order valence-corrected chi connectivity index (χ3v) is 3.27. The molecule has 0 heterocycles. The smallest absolute Gasteiger partial charge is 0.272 e. The molecule has 0 saturated carbocycles. The van der Waals surface area contributed by atoms with Crippen molar-refractivity contribution in [1.29, 1.82) is 0 Å². The highest BCUT2D eigenvalue weighted by atomic mass is 16.6. The van der Waals surface area contributed by atoms with Crippen LogP contribution in [0.2, 0.25) is 0 Å². The van der Waals surface area contributed by atoms with Crippen molar-refractivity contribution >= 4 is 5.69 Å². The van der Waals surface area contributed by atoms with E-state index >= 15 is 0 Å². The number of nitrogens with zero attached hydrogens (tertiary/aromatic N) is 1. The number of hydrogen-bond donors (Lipinski definition) is 1. The summed E-state index contributed by atoms with van der Waals surface area (Å²) in [5, 5.41) is 14.5. The Hall–Kier alpha value is -1.42. The maximum atomic E-state index is 11.0. The average molecular weight is 264 g/mol. The van der Waals surface area contributed by atoms with E-state index in [9.17, 15) is 10.1 Å². The van der Waals surface area contributed by atoms with E-state index in [0.29, 0.717) is 6.04 Å². The third-order valence-electron chi connectivity index (χ3n) is 3.27. The van der Waals surface area contributed by atoms with Gasteiger partial charge in [0, 0.05) is 17.7 Å². The number of hydrogen-bond acceptors (Lipinski definition) is 3. The van der Waals surface area contributed by atoms with Gasteiger partial charge in [-0.25, -0.2) is 0 Å². The molecule has 4 nitrogen and oxygen atoms in total. The monoisotopic (exact) mass is 264 g/mol. The maximum Gasteiger partial charge on any atom is 0.272 e. The Morgan fingerprint density at radius 3 is 2.58 bits per heavy atom. The van der Waals surface area contributed by atoms with E-state index < -0.39 is 0 Å². The Kier molecular flexibility index (Phi) is 7.11. The normalized spacial score (nSPS) is 12.3. The van der Waals surface area contributed by atoms with Crippen LogP contribution in [0.3, 0.4) is 0 Å². The summed E-state index contributed by atoms with van der Waals surface area (Å²) in [5.74, 6) is 0. The molecule has 0 radical (unpaired) electrons. The predicted octanol–water partition coefficient (Wildman–Crippen LogP) is 3.70. The van der Waals surface area contributed by atoms with Crippen molar-refractivity contribution in [3.05, 3.63) is 39.9 Å². The summed E-state index contributed by atoms with van der Waals surface area (Å²) in [6, 6.07) is 7.51. The lowest BCUT2D eigenvalue weighted by molar-refractivity contribution is -0.385. The average Bonchev–Trinajstić information content (AvgIpc) is 2.42. The minimum absolute atomic E-state index is 0.244. The van der Waals surface area contributed by atoms with Crippen LogP contribution in [0.1, 0.15) is 45.1 Å². The van der Waals surface area contributed by atoms with Gasteiger partial charge in [-0.05, 0) is 32.2 Å². The van der Waals surface area contributed by atoms with E-state index in [1.165, 1.54) is 0 Å². The molecule has 1 unspecified atom stereocenters. The first kappa shape index (κ1) is 15.6. The molecule has 1 atom stereocenters. The maximum absolute atomic E-state index is 11.0. The van der Waals surface area contributed by atoms with Gasteiger partial charge in [-0.1, -0.05) is 38.5 Å². The zero-order valence-corrected chi connectivity index (χ0v) is 11.9. The zero-order valence-electron chi connectivity index (χ0n) is 11.9. The number of rotatable bonds is 9. The summed E-state index contributed by atoms with van der Waals surface area (Å²) in [7, 11) is 0. The highest BCUT2D eigenvalue weighted by molar-refractivity contribution is 5.39. The molecular weight excluding hydrogens is 240 g/mol. The molecule has 0 aliphatic heterocycles. The molecule has 19 heavy (non-hydrogen) atoms. The molecule has 0 spiro atoms.